The molecule has 0 aliphatic rings. The van der Waals surface area contributed by atoms with E-state index in [0.717, 1.165) is 81.4 Å². The van der Waals surface area contributed by atoms with Crippen molar-refractivity contribution in [2.75, 3.05) is 7.11 Å². The minimum atomic E-state index is -0.283. The number of pyridine rings is 1. The Morgan fingerprint density at radius 3 is 2.73 bits per heavy atom. The first kappa shape index (κ1) is 28.1. The van der Waals surface area contributed by atoms with Gasteiger partial charge in [-0.05, 0) is 55.0 Å². The van der Waals surface area contributed by atoms with E-state index >= 15 is 0 Å². The molecule has 3 aromatic heterocycles. The second kappa shape index (κ2) is 12.8. The Bertz CT molecular complexity index is 1660. The zero-order valence-electron chi connectivity index (χ0n) is 23.9. The Balaban J connectivity index is 1.36. The SMILES string of the molecule is CCC(=O)CCCCC[C@H](NC(=O)Cc1c(C)[nH]c2ccc(OC)cc12)c1ncc(-c2cccc3cnccc23)[nH]1. The molecule has 3 N–H and O–H groups in total. The molecule has 8 nitrogen and oxygen atoms in total. The van der Waals surface area contributed by atoms with Gasteiger partial charge in [0.05, 0.1) is 31.5 Å². The van der Waals surface area contributed by atoms with Crippen LogP contribution in [0.5, 0.6) is 5.75 Å². The van der Waals surface area contributed by atoms with Crippen LogP contribution in [0.4, 0.5) is 0 Å². The van der Waals surface area contributed by atoms with Crippen LogP contribution in [0.25, 0.3) is 32.9 Å². The third kappa shape index (κ3) is 6.48. The van der Waals surface area contributed by atoms with Gasteiger partial charge in [-0.15, -0.1) is 0 Å². The summed E-state index contributed by atoms with van der Waals surface area (Å²) < 4.78 is 5.41. The van der Waals surface area contributed by atoms with Crippen molar-refractivity contribution in [2.45, 2.75) is 64.8 Å². The highest BCUT2D eigenvalue weighted by Crippen LogP contribution is 2.30. The van der Waals surface area contributed by atoms with Crippen LogP contribution in [0.2, 0.25) is 0 Å². The predicted molar refractivity (Wildman–Crippen MR) is 162 cm³/mol. The first-order valence-electron chi connectivity index (χ1n) is 14.3. The number of nitrogens with zero attached hydrogens (tertiary/aromatic N) is 2. The van der Waals surface area contributed by atoms with E-state index in [1.165, 1.54) is 0 Å². The molecule has 212 valence electrons. The van der Waals surface area contributed by atoms with E-state index in [1.807, 2.05) is 62.6 Å². The second-order valence-corrected chi connectivity index (χ2v) is 10.5. The molecule has 0 fully saturated rings. The van der Waals surface area contributed by atoms with Crippen molar-refractivity contribution in [3.63, 3.8) is 0 Å². The zero-order chi connectivity index (χ0) is 28.8. The first-order valence-corrected chi connectivity index (χ1v) is 14.3. The van der Waals surface area contributed by atoms with Crippen LogP contribution < -0.4 is 10.1 Å². The monoisotopic (exact) mass is 551 g/mol. The van der Waals surface area contributed by atoms with E-state index in [-0.39, 0.29) is 18.4 Å². The number of hydrogen-bond acceptors (Lipinski definition) is 5. The number of carbonyl (C=O) groups is 2. The third-order valence-corrected chi connectivity index (χ3v) is 7.74. The number of aryl methyl sites for hydroxylation is 1. The van der Waals surface area contributed by atoms with Crippen LogP contribution >= 0.6 is 0 Å². The van der Waals surface area contributed by atoms with Crippen molar-refractivity contribution < 1.29 is 14.3 Å². The van der Waals surface area contributed by atoms with E-state index < -0.39 is 0 Å². The fraction of sp³-hybridized carbons (Fsp3) is 0.333. The molecule has 0 aliphatic heterocycles. The van der Waals surface area contributed by atoms with E-state index in [9.17, 15) is 9.59 Å². The average Bonchev–Trinajstić information content (AvgIpc) is 3.60. The van der Waals surface area contributed by atoms with Crippen LogP contribution in [0.15, 0.2) is 61.1 Å². The van der Waals surface area contributed by atoms with E-state index in [1.54, 1.807) is 13.3 Å². The number of unbranched alkanes of at least 4 members (excludes halogenated alkanes) is 2. The molecule has 41 heavy (non-hydrogen) atoms. The highest BCUT2D eigenvalue weighted by atomic mass is 16.5. The van der Waals surface area contributed by atoms with Gasteiger partial charge in [0.1, 0.15) is 17.4 Å². The molecule has 5 aromatic rings. The number of rotatable bonds is 13. The van der Waals surface area contributed by atoms with Crippen molar-refractivity contribution in [3.8, 4) is 17.0 Å². The number of carbonyl (C=O) groups excluding carboxylic acids is 2. The van der Waals surface area contributed by atoms with Gasteiger partial charge in [-0.2, -0.15) is 0 Å². The number of imidazole rings is 1. The molecule has 2 aromatic carbocycles. The molecule has 0 aliphatic carbocycles. The summed E-state index contributed by atoms with van der Waals surface area (Å²) in [4.78, 5) is 41.0. The van der Waals surface area contributed by atoms with Crippen molar-refractivity contribution in [1.29, 1.82) is 0 Å². The lowest BCUT2D eigenvalue weighted by Crippen LogP contribution is -2.30. The van der Waals surface area contributed by atoms with Crippen LogP contribution in [-0.2, 0) is 16.0 Å². The molecule has 1 atom stereocenters. The molecule has 0 spiro atoms. The second-order valence-electron chi connectivity index (χ2n) is 10.5. The van der Waals surface area contributed by atoms with Gasteiger partial charge in [0.2, 0.25) is 5.91 Å². The molecule has 0 unspecified atom stereocenters. The molecular weight excluding hydrogens is 514 g/mol. The fourth-order valence-corrected chi connectivity index (χ4v) is 5.43. The standard InChI is InChI=1S/C33H37N5O3/c1-4-23(39)10-6-5-7-12-30(33-35-20-31(38-33)26-11-8-9-22-19-34-16-15-25(22)26)37-32(40)18-27-21(2)36-29-14-13-24(41-3)17-28(27)29/h8-9,11,13-17,19-20,30,36H,4-7,10,12,18H2,1-3H3,(H,35,38)(H,37,40)/t30-/m0/s1. The lowest BCUT2D eigenvalue weighted by molar-refractivity contribution is -0.121. The number of aromatic amines is 2. The van der Waals surface area contributed by atoms with Gasteiger partial charge < -0.3 is 20.0 Å². The van der Waals surface area contributed by atoms with E-state index in [4.69, 9.17) is 9.72 Å². The predicted octanol–water partition coefficient (Wildman–Crippen LogP) is 6.75. The lowest BCUT2D eigenvalue weighted by atomic mass is 10.0. The summed E-state index contributed by atoms with van der Waals surface area (Å²) in [6.45, 7) is 3.89. The van der Waals surface area contributed by atoms with E-state index in [2.05, 4.69) is 26.3 Å². The summed E-state index contributed by atoms with van der Waals surface area (Å²) in [6, 6.07) is 13.7. The van der Waals surface area contributed by atoms with Crippen LogP contribution in [-0.4, -0.2) is 38.7 Å². The maximum atomic E-state index is 13.5. The zero-order valence-corrected chi connectivity index (χ0v) is 23.9. The van der Waals surface area contributed by atoms with Gasteiger partial charge in [-0.1, -0.05) is 38.0 Å². The highest BCUT2D eigenvalue weighted by molar-refractivity contribution is 5.95. The summed E-state index contributed by atoms with van der Waals surface area (Å²) >= 11 is 0. The first-order chi connectivity index (χ1) is 20.0. The largest absolute Gasteiger partial charge is 0.497 e. The quantitative estimate of drug-likeness (QED) is 0.140. The number of amides is 1. The van der Waals surface area contributed by atoms with E-state index in [0.29, 0.717) is 18.6 Å². The van der Waals surface area contributed by atoms with Crippen molar-refractivity contribution >= 4 is 33.4 Å². The number of hydrogen-bond donors (Lipinski definition) is 3. The highest BCUT2D eigenvalue weighted by Gasteiger charge is 2.21. The molecule has 0 saturated carbocycles. The Kier molecular flexibility index (Phi) is 8.77. The number of fused-ring (bicyclic) bond motifs is 2. The summed E-state index contributed by atoms with van der Waals surface area (Å²) in [7, 11) is 1.64. The van der Waals surface area contributed by atoms with Gasteiger partial charge in [-0.25, -0.2) is 4.98 Å². The lowest BCUT2D eigenvalue weighted by Gasteiger charge is -2.17. The van der Waals surface area contributed by atoms with Gasteiger partial charge >= 0.3 is 0 Å². The summed E-state index contributed by atoms with van der Waals surface area (Å²) in [5, 5.41) is 6.38. The van der Waals surface area contributed by atoms with Crippen molar-refractivity contribution in [2.24, 2.45) is 0 Å². The summed E-state index contributed by atoms with van der Waals surface area (Å²) in [6.07, 6.45) is 10.3. The van der Waals surface area contributed by atoms with Gasteiger partial charge in [-0.3, -0.25) is 14.6 Å². The minimum absolute atomic E-state index is 0.0721. The van der Waals surface area contributed by atoms with Gasteiger partial charge in [0.25, 0.3) is 0 Å². The number of nitrogens with one attached hydrogen (secondary N) is 3. The van der Waals surface area contributed by atoms with Crippen LogP contribution in [0, 0.1) is 6.92 Å². The Morgan fingerprint density at radius 2 is 1.90 bits per heavy atom. The average molecular weight is 552 g/mol. The number of methoxy groups -OCH3 is 1. The van der Waals surface area contributed by atoms with Crippen molar-refractivity contribution in [3.05, 3.63) is 78.1 Å². The molecule has 5 rings (SSSR count). The normalized spacial score (nSPS) is 12.1. The molecule has 0 saturated heterocycles. The Labute approximate surface area is 239 Å². The van der Waals surface area contributed by atoms with Gasteiger partial charge in [0, 0.05) is 52.8 Å². The third-order valence-electron chi connectivity index (χ3n) is 7.74. The van der Waals surface area contributed by atoms with Gasteiger partial charge in [0.15, 0.2) is 0 Å². The maximum Gasteiger partial charge on any atom is 0.225 e. The maximum absolute atomic E-state index is 13.5. The smallest absolute Gasteiger partial charge is 0.225 e. The topological polar surface area (TPSA) is 113 Å². The summed E-state index contributed by atoms with van der Waals surface area (Å²) in [5.41, 5.74) is 4.83. The van der Waals surface area contributed by atoms with Crippen molar-refractivity contribution in [1.82, 2.24) is 25.3 Å². The van der Waals surface area contributed by atoms with Crippen LogP contribution in [0.1, 0.15) is 68.6 Å². The Morgan fingerprint density at radius 1 is 1.02 bits per heavy atom. The summed E-state index contributed by atoms with van der Waals surface area (Å²) in [5.74, 6) is 1.70. The number of ether oxygens (including phenoxy) is 1. The number of H-pyrrole nitrogens is 2. The number of benzene rings is 2. The Hall–Kier alpha value is -4.46. The molecule has 1 amide bonds. The number of ketones is 1. The number of aromatic nitrogens is 4. The fourth-order valence-electron chi connectivity index (χ4n) is 5.43. The molecular formula is C33H37N5O3. The molecule has 0 bridgehead atoms. The number of Topliss-reactive ketones (excluding diaryl/α,β-unsaturated/α-hetero) is 1. The molecule has 3 heterocycles. The molecule has 0 radical (unpaired) electrons. The minimum Gasteiger partial charge on any atom is -0.497 e. The molecule has 8 heteroatoms. The van der Waals surface area contributed by atoms with Crippen LogP contribution in [0.3, 0.4) is 0 Å².